The molecule has 1 unspecified atom stereocenters. The first-order chi connectivity index (χ1) is 10.1. The minimum Gasteiger partial charge on any atom is -0.465 e. The van der Waals surface area contributed by atoms with Crippen LogP contribution in [0.3, 0.4) is 0 Å². The van der Waals surface area contributed by atoms with Crippen molar-refractivity contribution in [1.29, 1.82) is 0 Å². The first-order valence-electron chi connectivity index (χ1n) is 7.47. The molecular formula is C17H25NO3. The average Bonchev–Trinajstić information content (AvgIpc) is 2.48. The molecule has 0 fully saturated rings. The minimum atomic E-state index is -0.259. The second kappa shape index (κ2) is 9.97. The molecule has 0 aliphatic rings. The predicted molar refractivity (Wildman–Crippen MR) is 84.2 cm³/mol. The van der Waals surface area contributed by atoms with Crippen molar-refractivity contribution in [3.63, 3.8) is 0 Å². The number of aryl methyl sites for hydroxylation is 1. The summed E-state index contributed by atoms with van der Waals surface area (Å²) < 4.78 is 5.03. The Labute approximate surface area is 127 Å². The van der Waals surface area contributed by atoms with E-state index in [2.05, 4.69) is 17.3 Å². The highest BCUT2D eigenvalue weighted by Crippen LogP contribution is 2.08. The molecule has 0 heterocycles. The molecule has 0 saturated heterocycles. The summed E-state index contributed by atoms with van der Waals surface area (Å²) in [7, 11) is 0. The Kier molecular flexibility index (Phi) is 8.17. The molecule has 21 heavy (non-hydrogen) atoms. The molecule has 0 aromatic heterocycles. The van der Waals surface area contributed by atoms with E-state index in [4.69, 9.17) is 9.57 Å². The maximum atomic E-state index is 10.8. The van der Waals surface area contributed by atoms with Gasteiger partial charge in [0.2, 0.25) is 0 Å². The molecule has 1 aromatic carbocycles. The van der Waals surface area contributed by atoms with Crippen LogP contribution < -0.4 is 0 Å². The highest BCUT2D eigenvalue weighted by molar-refractivity contribution is 5.84. The molecule has 0 amide bonds. The summed E-state index contributed by atoms with van der Waals surface area (Å²) in [6, 6.07) is 10.3. The molecule has 0 spiro atoms. The SMILES string of the molecule is CCC(COC(C)=O)/C(C)=N/OCCCc1ccccc1. The lowest BCUT2D eigenvalue weighted by Gasteiger charge is -2.13. The number of ether oxygens (including phenoxy) is 1. The molecule has 1 aromatic rings. The number of esters is 1. The molecule has 0 aliphatic heterocycles. The van der Waals surface area contributed by atoms with Gasteiger partial charge in [-0.15, -0.1) is 0 Å². The third-order valence-electron chi connectivity index (χ3n) is 3.32. The van der Waals surface area contributed by atoms with Gasteiger partial charge in [0.1, 0.15) is 6.61 Å². The molecule has 4 heteroatoms. The van der Waals surface area contributed by atoms with Crippen LogP contribution in [0.2, 0.25) is 0 Å². The normalized spacial score (nSPS) is 12.8. The van der Waals surface area contributed by atoms with E-state index >= 15 is 0 Å². The van der Waals surface area contributed by atoms with E-state index in [1.54, 1.807) is 0 Å². The number of rotatable bonds is 9. The molecule has 0 N–H and O–H groups in total. The second-order valence-electron chi connectivity index (χ2n) is 5.06. The van der Waals surface area contributed by atoms with Crippen LogP contribution >= 0.6 is 0 Å². The van der Waals surface area contributed by atoms with E-state index in [0.29, 0.717) is 13.2 Å². The van der Waals surface area contributed by atoms with Gasteiger partial charge in [0.15, 0.2) is 0 Å². The monoisotopic (exact) mass is 291 g/mol. The molecule has 0 bridgehead atoms. The van der Waals surface area contributed by atoms with Gasteiger partial charge in [-0.1, -0.05) is 42.4 Å². The number of nitrogens with zero attached hydrogens (tertiary/aromatic N) is 1. The number of hydrogen-bond donors (Lipinski definition) is 0. The number of carbonyl (C=O) groups is 1. The van der Waals surface area contributed by atoms with E-state index in [-0.39, 0.29) is 11.9 Å². The fraction of sp³-hybridized carbons (Fsp3) is 0.529. The summed E-state index contributed by atoms with van der Waals surface area (Å²) >= 11 is 0. The quantitative estimate of drug-likeness (QED) is 0.302. The van der Waals surface area contributed by atoms with Crippen LogP contribution in [0.1, 0.15) is 39.2 Å². The van der Waals surface area contributed by atoms with E-state index in [1.165, 1.54) is 12.5 Å². The number of carbonyl (C=O) groups excluding carboxylic acids is 1. The van der Waals surface area contributed by atoms with E-state index in [0.717, 1.165) is 25.0 Å². The Hall–Kier alpha value is -1.84. The smallest absolute Gasteiger partial charge is 0.302 e. The highest BCUT2D eigenvalue weighted by Gasteiger charge is 2.12. The topological polar surface area (TPSA) is 47.9 Å². The van der Waals surface area contributed by atoms with Crippen LogP contribution in [-0.4, -0.2) is 24.9 Å². The largest absolute Gasteiger partial charge is 0.465 e. The van der Waals surface area contributed by atoms with Crippen LogP contribution in [0.25, 0.3) is 0 Å². The van der Waals surface area contributed by atoms with Crippen molar-refractivity contribution in [2.45, 2.75) is 40.0 Å². The maximum Gasteiger partial charge on any atom is 0.302 e. The van der Waals surface area contributed by atoms with Gasteiger partial charge in [-0.05, 0) is 31.7 Å². The van der Waals surface area contributed by atoms with Gasteiger partial charge in [0.25, 0.3) is 0 Å². The summed E-state index contributed by atoms with van der Waals surface area (Å²) in [5, 5.41) is 4.13. The van der Waals surface area contributed by atoms with E-state index < -0.39 is 0 Å². The maximum absolute atomic E-state index is 10.8. The molecule has 4 nitrogen and oxygen atoms in total. The van der Waals surface area contributed by atoms with Crippen LogP contribution in [-0.2, 0) is 20.8 Å². The summed E-state index contributed by atoms with van der Waals surface area (Å²) in [4.78, 5) is 16.2. The lowest BCUT2D eigenvalue weighted by molar-refractivity contribution is -0.141. The average molecular weight is 291 g/mol. The standard InChI is InChI=1S/C17H25NO3/c1-4-17(13-20-15(3)19)14(2)18-21-12-8-11-16-9-6-5-7-10-16/h5-7,9-10,17H,4,8,11-13H2,1-3H3/b18-14+. The van der Waals surface area contributed by atoms with E-state index in [9.17, 15) is 4.79 Å². The predicted octanol–water partition coefficient (Wildman–Crippen LogP) is 3.60. The van der Waals surface area contributed by atoms with Gasteiger partial charge in [-0.2, -0.15) is 0 Å². The molecule has 1 atom stereocenters. The molecule has 0 radical (unpaired) electrons. The zero-order valence-corrected chi connectivity index (χ0v) is 13.2. The van der Waals surface area contributed by atoms with Crippen molar-refractivity contribution in [1.82, 2.24) is 0 Å². The second-order valence-corrected chi connectivity index (χ2v) is 5.06. The van der Waals surface area contributed by atoms with Crippen molar-refractivity contribution >= 4 is 11.7 Å². The van der Waals surface area contributed by atoms with Gasteiger partial charge >= 0.3 is 5.97 Å². The van der Waals surface area contributed by atoms with Gasteiger partial charge < -0.3 is 9.57 Å². The van der Waals surface area contributed by atoms with E-state index in [1.807, 2.05) is 32.0 Å². The van der Waals surface area contributed by atoms with Crippen LogP contribution in [0.4, 0.5) is 0 Å². The number of hydrogen-bond acceptors (Lipinski definition) is 4. The summed E-state index contributed by atoms with van der Waals surface area (Å²) in [5.74, 6) is -0.131. The summed E-state index contributed by atoms with van der Waals surface area (Å²) in [6.45, 7) is 6.33. The Bertz CT molecular complexity index is 443. The molecule has 1 rings (SSSR count). The van der Waals surface area contributed by atoms with Crippen molar-refractivity contribution < 1.29 is 14.4 Å². The van der Waals surface area contributed by atoms with Crippen molar-refractivity contribution in [2.75, 3.05) is 13.2 Å². The van der Waals surface area contributed by atoms with Crippen LogP contribution in [0.5, 0.6) is 0 Å². The van der Waals surface area contributed by atoms with Gasteiger partial charge in [0, 0.05) is 12.8 Å². The van der Waals surface area contributed by atoms with Crippen LogP contribution in [0.15, 0.2) is 35.5 Å². The van der Waals surface area contributed by atoms with Crippen molar-refractivity contribution in [3.8, 4) is 0 Å². The fourth-order valence-electron chi connectivity index (χ4n) is 1.96. The Morgan fingerprint density at radius 1 is 1.24 bits per heavy atom. The first kappa shape index (κ1) is 17.2. The number of oxime groups is 1. The highest BCUT2D eigenvalue weighted by atomic mass is 16.6. The Morgan fingerprint density at radius 2 is 1.95 bits per heavy atom. The lowest BCUT2D eigenvalue weighted by Crippen LogP contribution is -2.19. The van der Waals surface area contributed by atoms with Crippen molar-refractivity contribution in [3.05, 3.63) is 35.9 Å². The van der Waals surface area contributed by atoms with Crippen LogP contribution in [0, 0.1) is 5.92 Å². The molecule has 0 saturated carbocycles. The zero-order valence-electron chi connectivity index (χ0n) is 13.2. The number of benzene rings is 1. The van der Waals surface area contributed by atoms with Crippen molar-refractivity contribution in [2.24, 2.45) is 11.1 Å². The minimum absolute atomic E-state index is 0.128. The van der Waals surface area contributed by atoms with Gasteiger partial charge in [0.05, 0.1) is 12.3 Å². The Morgan fingerprint density at radius 3 is 2.57 bits per heavy atom. The third-order valence-corrected chi connectivity index (χ3v) is 3.32. The third kappa shape index (κ3) is 7.49. The molecular weight excluding hydrogens is 266 g/mol. The summed E-state index contributed by atoms with van der Waals surface area (Å²) in [6.07, 6.45) is 2.79. The van der Waals surface area contributed by atoms with Gasteiger partial charge in [-0.3, -0.25) is 4.79 Å². The fourth-order valence-corrected chi connectivity index (χ4v) is 1.96. The zero-order chi connectivity index (χ0) is 15.5. The molecule has 0 aliphatic carbocycles. The summed E-state index contributed by atoms with van der Waals surface area (Å²) in [5.41, 5.74) is 2.18. The van der Waals surface area contributed by atoms with Gasteiger partial charge in [-0.25, -0.2) is 0 Å². The first-order valence-corrected chi connectivity index (χ1v) is 7.47. The Balaban J connectivity index is 2.25. The lowest BCUT2D eigenvalue weighted by atomic mass is 10.0. The molecule has 116 valence electrons.